The molecule has 1 amide bonds. The van der Waals surface area contributed by atoms with E-state index in [1.807, 2.05) is 0 Å². The number of hydrogen-bond donors (Lipinski definition) is 1. The van der Waals surface area contributed by atoms with Gasteiger partial charge in [-0.25, -0.2) is 10.2 Å². The van der Waals surface area contributed by atoms with Gasteiger partial charge in [0, 0.05) is 10.6 Å². The number of nitrogens with zero attached hydrogens (tertiary/aromatic N) is 1. The third-order valence-corrected chi connectivity index (χ3v) is 3.03. The van der Waals surface area contributed by atoms with Crippen molar-refractivity contribution in [2.45, 2.75) is 0 Å². The zero-order valence-corrected chi connectivity index (χ0v) is 12.5. The summed E-state index contributed by atoms with van der Waals surface area (Å²) in [6, 6.07) is 13.2. The molecule has 0 aliphatic heterocycles. The summed E-state index contributed by atoms with van der Waals surface area (Å²) in [5, 5.41) is 4.34. The summed E-state index contributed by atoms with van der Waals surface area (Å²) in [5.74, 6) is -0.761. The molecule has 0 aromatic heterocycles. The van der Waals surface area contributed by atoms with Crippen LogP contribution in [0.5, 0.6) is 0 Å². The third-order valence-electron chi connectivity index (χ3n) is 2.80. The molecule has 0 bridgehead atoms. The van der Waals surface area contributed by atoms with Gasteiger partial charge in [0.1, 0.15) is 0 Å². The lowest BCUT2D eigenvalue weighted by Gasteiger charge is -2.01. The molecule has 0 saturated heterocycles. The molecule has 0 spiro atoms. The number of hydrogen-bond acceptors (Lipinski definition) is 4. The summed E-state index contributed by atoms with van der Waals surface area (Å²) in [6.07, 6.45) is 1.48. The van der Waals surface area contributed by atoms with Gasteiger partial charge in [-0.2, -0.15) is 5.10 Å². The van der Waals surface area contributed by atoms with E-state index in [9.17, 15) is 9.59 Å². The average Bonchev–Trinajstić information content (AvgIpc) is 2.54. The van der Waals surface area contributed by atoms with Crippen molar-refractivity contribution < 1.29 is 14.3 Å². The number of carbonyl (C=O) groups is 2. The molecular weight excluding hydrogens is 304 g/mol. The summed E-state index contributed by atoms with van der Waals surface area (Å²) in [5.41, 5.74) is 4.01. The minimum atomic E-state index is -0.405. The SMILES string of the molecule is COC(=O)c1ccc(C=NNC(=O)c2cccc(Cl)c2)cc1. The monoisotopic (exact) mass is 316 g/mol. The Morgan fingerprint density at radius 3 is 2.50 bits per heavy atom. The Bertz CT molecular complexity index is 712. The van der Waals surface area contributed by atoms with Crippen molar-refractivity contribution in [3.05, 3.63) is 70.2 Å². The molecule has 2 aromatic carbocycles. The van der Waals surface area contributed by atoms with Crippen LogP contribution in [-0.4, -0.2) is 25.2 Å². The van der Waals surface area contributed by atoms with Crippen molar-refractivity contribution in [3.8, 4) is 0 Å². The average molecular weight is 317 g/mol. The zero-order valence-electron chi connectivity index (χ0n) is 11.7. The van der Waals surface area contributed by atoms with Gasteiger partial charge in [-0.3, -0.25) is 4.79 Å². The molecule has 5 nitrogen and oxygen atoms in total. The molecule has 1 N–H and O–H groups in total. The minimum absolute atomic E-state index is 0.357. The van der Waals surface area contributed by atoms with Gasteiger partial charge >= 0.3 is 5.97 Å². The summed E-state index contributed by atoms with van der Waals surface area (Å²) >= 11 is 5.81. The van der Waals surface area contributed by atoms with Crippen molar-refractivity contribution in [3.63, 3.8) is 0 Å². The van der Waals surface area contributed by atoms with E-state index in [0.717, 1.165) is 5.56 Å². The van der Waals surface area contributed by atoms with Crippen LogP contribution in [0.25, 0.3) is 0 Å². The van der Waals surface area contributed by atoms with Crippen LogP contribution in [-0.2, 0) is 4.74 Å². The lowest BCUT2D eigenvalue weighted by atomic mass is 10.1. The summed E-state index contributed by atoms with van der Waals surface area (Å²) < 4.78 is 4.61. The Hall–Kier alpha value is -2.66. The highest BCUT2D eigenvalue weighted by atomic mass is 35.5. The Kier molecular flexibility index (Phi) is 5.27. The molecule has 2 rings (SSSR count). The number of benzene rings is 2. The standard InChI is InChI=1S/C16H13ClN2O3/c1-22-16(21)12-7-5-11(6-8-12)10-18-19-15(20)13-3-2-4-14(17)9-13/h2-10H,1H3,(H,19,20). The van der Waals surface area contributed by atoms with Crippen LogP contribution < -0.4 is 5.43 Å². The van der Waals surface area contributed by atoms with Crippen LogP contribution in [0.4, 0.5) is 0 Å². The van der Waals surface area contributed by atoms with Gasteiger partial charge in [0.15, 0.2) is 0 Å². The molecule has 0 fully saturated rings. The first kappa shape index (κ1) is 15.7. The first-order valence-electron chi connectivity index (χ1n) is 6.37. The van der Waals surface area contributed by atoms with Gasteiger partial charge in [0.05, 0.1) is 18.9 Å². The number of esters is 1. The van der Waals surface area contributed by atoms with Crippen LogP contribution in [0.1, 0.15) is 26.3 Å². The molecule has 112 valence electrons. The molecule has 22 heavy (non-hydrogen) atoms. The van der Waals surface area contributed by atoms with Gasteiger partial charge in [0.2, 0.25) is 0 Å². The number of nitrogens with one attached hydrogen (secondary N) is 1. The maximum Gasteiger partial charge on any atom is 0.337 e. The van der Waals surface area contributed by atoms with E-state index in [-0.39, 0.29) is 5.91 Å². The predicted octanol–water partition coefficient (Wildman–Crippen LogP) is 2.89. The van der Waals surface area contributed by atoms with E-state index in [4.69, 9.17) is 11.6 Å². The number of halogens is 1. The van der Waals surface area contributed by atoms with Crippen LogP contribution >= 0.6 is 11.6 Å². The number of hydrazone groups is 1. The third kappa shape index (κ3) is 4.17. The number of ether oxygens (including phenoxy) is 1. The van der Waals surface area contributed by atoms with Gasteiger partial charge in [-0.15, -0.1) is 0 Å². The van der Waals surface area contributed by atoms with E-state index in [1.54, 1.807) is 48.5 Å². The van der Waals surface area contributed by atoms with Crippen LogP contribution in [0.2, 0.25) is 5.02 Å². The van der Waals surface area contributed by atoms with Gasteiger partial charge < -0.3 is 4.74 Å². The zero-order chi connectivity index (χ0) is 15.9. The predicted molar refractivity (Wildman–Crippen MR) is 84.3 cm³/mol. The Labute approximate surface area is 132 Å². The smallest absolute Gasteiger partial charge is 0.337 e. The maximum absolute atomic E-state index is 11.8. The number of methoxy groups -OCH3 is 1. The number of amides is 1. The summed E-state index contributed by atoms with van der Waals surface area (Å²) in [4.78, 5) is 23.1. The Balaban J connectivity index is 1.97. The number of rotatable bonds is 4. The highest BCUT2D eigenvalue weighted by Gasteiger charge is 2.05. The van der Waals surface area contributed by atoms with E-state index < -0.39 is 5.97 Å². The van der Waals surface area contributed by atoms with Gasteiger partial charge in [-0.05, 0) is 35.9 Å². The van der Waals surface area contributed by atoms with Gasteiger partial charge in [-0.1, -0.05) is 29.8 Å². The van der Waals surface area contributed by atoms with E-state index in [1.165, 1.54) is 13.3 Å². The largest absolute Gasteiger partial charge is 0.465 e. The molecule has 2 aromatic rings. The fourth-order valence-electron chi connectivity index (χ4n) is 1.68. The van der Waals surface area contributed by atoms with E-state index in [0.29, 0.717) is 16.1 Å². The molecular formula is C16H13ClN2O3. The van der Waals surface area contributed by atoms with E-state index >= 15 is 0 Å². The number of carbonyl (C=O) groups excluding carboxylic acids is 2. The molecule has 0 aliphatic rings. The fourth-order valence-corrected chi connectivity index (χ4v) is 1.87. The second-order valence-electron chi connectivity index (χ2n) is 4.32. The van der Waals surface area contributed by atoms with Crippen molar-refractivity contribution in [2.24, 2.45) is 5.10 Å². The van der Waals surface area contributed by atoms with Crippen LogP contribution in [0.15, 0.2) is 53.6 Å². The van der Waals surface area contributed by atoms with Crippen LogP contribution in [0.3, 0.4) is 0 Å². The molecule has 0 unspecified atom stereocenters. The maximum atomic E-state index is 11.8. The van der Waals surface area contributed by atoms with Gasteiger partial charge in [0.25, 0.3) is 5.91 Å². The second-order valence-corrected chi connectivity index (χ2v) is 4.76. The highest BCUT2D eigenvalue weighted by molar-refractivity contribution is 6.30. The first-order chi connectivity index (χ1) is 10.6. The molecule has 0 radical (unpaired) electrons. The summed E-state index contributed by atoms with van der Waals surface area (Å²) in [6.45, 7) is 0. The summed E-state index contributed by atoms with van der Waals surface area (Å²) in [7, 11) is 1.32. The van der Waals surface area contributed by atoms with Crippen molar-refractivity contribution in [2.75, 3.05) is 7.11 Å². The second kappa shape index (κ2) is 7.38. The Morgan fingerprint density at radius 1 is 1.14 bits per heavy atom. The lowest BCUT2D eigenvalue weighted by molar-refractivity contribution is 0.0600. The molecule has 6 heteroatoms. The first-order valence-corrected chi connectivity index (χ1v) is 6.75. The van der Waals surface area contributed by atoms with Crippen molar-refractivity contribution in [1.82, 2.24) is 5.43 Å². The normalized spacial score (nSPS) is 10.5. The van der Waals surface area contributed by atoms with Crippen molar-refractivity contribution in [1.29, 1.82) is 0 Å². The van der Waals surface area contributed by atoms with E-state index in [2.05, 4.69) is 15.3 Å². The fraction of sp³-hybridized carbons (Fsp3) is 0.0625. The lowest BCUT2D eigenvalue weighted by Crippen LogP contribution is -2.17. The topological polar surface area (TPSA) is 67.8 Å². The Morgan fingerprint density at radius 2 is 1.86 bits per heavy atom. The molecule has 0 atom stereocenters. The van der Waals surface area contributed by atoms with Crippen molar-refractivity contribution >= 4 is 29.7 Å². The molecule has 0 saturated carbocycles. The minimum Gasteiger partial charge on any atom is -0.465 e. The van der Waals surface area contributed by atoms with Crippen LogP contribution in [0, 0.1) is 0 Å². The molecule has 0 aliphatic carbocycles. The molecule has 0 heterocycles. The highest BCUT2D eigenvalue weighted by Crippen LogP contribution is 2.10. The quantitative estimate of drug-likeness (QED) is 0.536.